The van der Waals surface area contributed by atoms with Crippen molar-refractivity contribution in [3.8, 4) is 5.75 Å². The van der Waals surface area contributed by atoms with Crippen LogP contribution >= 0.6 is 11.6 Å². The third-order valence-electron chi connectivity index (χ3n) is 3.54. The smallest absolute Gasteiger partial charge is 0.287 e. The number of nitrogens with one attached hydrogen (secondary N) is 1. The predicted octanol–water partition coefficient (Wildman–Crippen LogP) is 3.30. The molecule has 0 saturated heterocycles. The van der Waals surface area contributed by atoms with Crippen molar-refractivity contribution in [2.45, 2.75) is 0 Å². The number of para-hydroxylation sites is 1. The number of aromatic nitrogens is 1. The Labute approximate surface area is 137 Å². The Hall–Kier alpha value is -2.79. The van der Waals surface area contributed by atoms with Crippen LogP contribution in [0.25, 0.3) is 10.9 Å². The molecule has 0 spiro atoms. The monoisotopic (exact) mass is 327 g/mol. The predicted molar refractivity (Wildman–Crippen MR) is 91.1 cm³/mol. The highest BCUT2D eigenvalue weighted by Gasteiger charge is 2.12. The first kappa shape index (κ1) is 15.1. The molecular weight excluding hydrogens is 314 g/mol. The van der Waals surface area contributed by atoms with E-state index in [9.17, 15) is 9.90 Å². The molecule has 0 bridgehead atoms. The number of fused-ring (bicyclic) bond motifs is 1. The quantitative estimate of drug-likeness (QED) is 0.572. The number of nitrogens with zero attached hydrogens (tertiary/aromatic N) is 2. The number of halogens is 1. The van der Waals surface area contributed by atoms with Gasteiger partial charge in [0.25, 0.3) is 5.91 Å². The Morgan fingerprint density at radius 3 is 2.78 bits per heavy atom. The van der Waals surface area contributed by atoms with Crippen molar-refractivity contribution in [1.82, 2.24) is 9.99 Å². The lowest BCUT2D eigenvalue weighted by Gasteiger charge is -2.02. The van der Waals surface area contributed by atoms with Gasteiger partial charge in [-0.1, -0.05) is 29.8 Å². The molecule has 0 saturated carbocycles. The number of hydrogen-bond donors (Lipinski definition) is 2. The van der Waals surface area contributed by atoms with Crippen LogP contribution in [0, 0.1) is 0 Å². The van der Waals surface area contributed by atoms with Crippen molar-refractivity contribution in [2.75, 3.05) is 0 Å². The summed E-state index contributed by atoms with van der Waals surface area (Å²) in [4.78, 5) is 12.2. The normalized spacial score (nSPS) is 11.2. The molecule has 0 fully saturated rings. The van der Waals surface area contributed by atoms with E-state index in [0.29, 0.717) is 11.3 Å². The number of phenols is 1. The van der Waals surface area contributed by atoms with Crippen LogP contribution in [0.1, 0.15) is 16.1 Å². The number of benzene rings is 2. The molecule has 2 aromatic carbocycles. The molecule has 6 heteroatoms. The zero-order valence-corrected chi connectivity index (χ0v) is 13.1. The number of aryl methyl sites for hydroxylation is 1. The molecule has 1 amide bonds. The van der Waals surface area contributed by atoms with Gasteiger partial charge in [-0.2, -0.15) is 5.10 Å². The molecule has 2 N–H and O–H groups in total. The first-order valence-corrected chi connectivity index (χ1v) is 7.30. The molecule has 5 nitrogen and oxygen atoms in total. The summed E-state index contributed by atoms with van der Waals surface area (Å²) in [5.41, 5.74) is 4.66. The lowest BCUT2D eigenvalue weighted by atomic mass is 10.2. The highest BCUT2D eigenvalue weighted by atomic mass is 35.5. The van der Waals surface area contributed by atoms with E-state index in [0.717, 1.165) is 10.9 Å². The Kier molecular flexibility index (Phi) is 4.04. The average Bonchev–Trinajstić information content (AvgIpc) is 2.88. The number of aromatic hydroxyl groups is 1. The van der Waals surface area contributed by atoms with Gasteiger partial charge in [0.1, 0.15) is 11.4 Å². The summed E-state index contributed by atoms with van der Waals surface area (Å²) in [5, 5.41) is 14.5. The van der Waals surface area contributed by atoms with Crippen LogP contribution in [0.4, 0.5) is 0 Å². The number of rotatable bonds is 3. The Bertz CT molecular complexity index is 915. The van der Waals surface area contributed by atoms with E-state index in [1.807, 2.05) is 41.9 Å². The molecule has 0 atom stereocenters. The van der Waals surface area contributed by atoms with Gasteiger partial charge in [0, 0.05) is 18.0 Å². The molecule has 3 aromatic rings. The molecule has 0 unspecified atom stereocenters. The molecule has 0 aliphatic heterocycles. The second-order valence-corrected chi connectivity index (χ2v) is 5.46. The van der Waals surface area contributed by atoms with E-state index >= 15 is 0 Å². The minimum Gasteiger partial charge on any atom is -0.506 e. The summed E-state index contributed by atoms with van der Waals surface area (Å²) in [5.74, 6) is -0.298. The third-order valence-corrected chi connectivity index (χ3v) is 3.84. The van der Waals surface area contributed by atoms with Gasteiger partial charge in [0.15, 0.2) is 0 Å². The van der Waals surface area contributed by atoms with E-state index in [-0.39, 0.29) is 16.7 Å². The van der Waals surface area contributed by atoms with E-state index in [2.05, 4.69) is 10.5 Å². The van der Waals surface area contributed by atoms with E-state index in [4.69, 9.17) is 11.6 Å². The summed E-state index contributed by atoms with van der Waals surface area (Å²) in [6.07, 6.45) is 1.46. The van der Waals surface area contributed by atoms with Crippen LogP contribution < -0.4 is 5.43 Å². The highest BCUT2D eigenvalue weighted by Crippen LogP contribution is 2.22. The van der Waals surface area contributed by atoms with Crippen molar-refractivity contribution in [1.29, 1.82) is 0 Å². The van der Waals surface area contributed by atoms with Crippen LogP contribution in [0.15, 0.2) is 53.6 Å². The Morgan fingerprint density at radius 1 is 1.26 bits per heavy atom. The number of hydrazone groups is 1. The van der Waals surface area contributed by atoms with Gasteiger partial charge in [0.2, 0.25) is 0 Å². The van der Waals surface area contributed by atoms with Crippen LogP contribution in [0.5, 0.6) is 5.75 Å². The fraction of sp³-hybridized carbons (Fsp3) is 0.0588. The maximum Gasteiger partial charge on any atom is 0.287 e. The first-order valence-electron chi connectivity index (χ1n) is 6.92. The molecular formula is C17H14ClN3O2. The zero-order chi connectivity index (χ0) is 16.4. The Morgan fingerprint density at radius 2 is 2.04 bits per heavy atom. The molecule has 1 aromatic heterocycles. The van der Waals surface area contributed by atoms with Gasteiger partial charge in [-0.3, -0.25) is 4.79 Å². The second-order valence-electron chi connectivity index (χ2n) is 5.06. The van der Waals surface area contributed by atoms with Crippen molar-refractivity contribution in [3.63, 3.8) is 0 Å². The topological polar surface area (TPSA) is 66.6 Å². The summed E-state index contributed by atoms with van der Waals surface area (Å²) >= 11 is 5.81. The van der Waals surface area contributed by atoms with Gasteiger partial charge in [-0.15, -0.1) is 0 Å². The highest BCUT2D eigenvalue weighted by molar-refractivity contribution is 6.32. The number of hydrogen-bond acceptors (Lipinski definition) is 3. The largest absolute Gasteiger partial charge is 0.506 e. The lowest BCUT2D eigenvalue weighted by Crippen LogP contribution is -2.20. The maximum atomic E-state index is 12.2. The minimum absolute atomic E-state index is 0.00310. The number of amides is 1. The van der Waals surface area contributed by atoms with Crippen molar-refractivity contribution < 1.29 is 9.90 Å². The minimum atomic E-state index is -0.301. The van der Waals surface area contributed by atoms with Crippen molar-refractivity contribution in [2.24, 2.45) is 12.1 Å². The van der Waals surface area contributed by atoms with Crippen LogP contribution in [-0.2, 0) is 7.05 Å². The van der Waals surface area contributed by atoms with E-state index in [1.165, 1.54) is 12.3 Å². The van der Waals surface area contributed by atoms with Crippen LogP contribution in [0.3, 0.4) is 0 Å². The van der Waals surface area contributed by atoms with Crippen LogP contribution in [-0.4, -0.2) is 21.8 Å². The van der Waals surface area contributed by atoms with Gasteiger partial charge >= 0.3 is 0 Å². The molecule has 0 aliphatic carbocycles. The summed E-state index contributed by atoms with van der Waals surface area (Å²) in [7, 11) is 1.83. The summed E-state index contributed by atoms with van der Waals surface area (Å²) < 4.78 is 1.82. The van der Waals surface area contributed by atoms with Crippen LogP contribution in [0.2, 0.25) is 5.02 Å². The summed E-state index contributed by atoms with van der Waals surface area (Å²) in [6, 6.07) is 14.2. The van der Waals surface area contributed by atoms with Crippen molar-refractivity contribution in [3.05, 3.63) is 64.8 Å². The number of carbonyl (C=O) groups is 1. The molecule has 0 radical (unpaired) electrons. The van der Waals surface area contributed by atoms with Gasteiger partial charge in [0.05, 0.1) is 11.2 Å². The van der Waals surface area contributed by atoms with Gasteiger partial charge < -0.3 is 9.67 Å². The maximum absolute atomic E-state index is 12.2. The lowest BCUT2D eigenvalue weighted by molar-refractivity contribution is 0.0947. The Balaban J connectivity index is 1.77. The van der Waals surface area contributed by atoms with Crippen molar-refractivity contribution >= 4 is 34.6 Å². The summed E-state index contributed by atoms with van der Waals surface area (Å²) in [6.45, 7) is 0. The molecule has 0 aliphatic rings. The third kappa shape index (κ3) is 3.05. The standard InChI is InChI=1S/C17H14ClN3O2/c1-21-14-5-3-2-4-12(14)9-15(21)17(23)20-19-10-11-6-7-16(22)13(18)8-11/h2-10,22H,1H3,(H,20,23)/b19-10+. The fourth-order valence-corrected chi connectivity index (χ4v) is 2.52. The zero-order valence-electron chi connectivity index (χ0n) is 12.3. The first-order chi connectivity index (χ1) is 11.1. The number of phenolic OH excluding ortho intramolecular Hbond substituents is 1. The second kappa shape index (κ2) is 6.14. The molecule has 1 heterocycles. The molecule has 116 valence electrons. The molecule has 3 rings (SSSR count). The average molecular weight is 328 g/mol. The fourth-order valence-electron chi connectivity index (χ4n) is 2.33. The van der Waals surface area contributed by atoms with Gasteiger partial charge in [-0.05, 0) is 35.9 Å². The number of carbonyl (C=O) groups excluding carboxylic acids is 1. The van der Waals surface area contributed by atoms with E-state index < -0.39 is 0 Å². The molecule has 23 heavy (non-hydrogen) atoms. The van der Waals surface area contributed by atoms with Gasteiger partial charge in [-0.25, -0.2) is 5.43 Å². The SMILES string of the molecule is Cn1c(C(=O)N/N=C/c2ccc(O)c(Cl)c2)cc2ccccc21. The van der Waals surface area contributed by atoms with E-state index in [1.54, 1.807) is 12.1 Å².